The van der Waals surface area contributed by atoms with E-state index in [0.717, 1.165) is 25.7 Å². The molecule has 0 unspecified atom stereocenters. The summed E-state index contributed by atoms with van der Waals surface area (Å²) in [5.41, 5.74) is 2.63. The molecular weight excluding hydrogens is 212 g/mol. The molecule has 0 aromatic heterocycles. The molecule has 5 atom stereocenters. The third kappa shape index (κ3) is 1.50. The highest BCUT2D eigenvalue weighted by molar-refractivity contribution is 5.75. The van der Waals surface area contributed by atoms with Crippen LogP contribution in [-0.4, -0.2) is 12.1 Å². The average molecular weight is 232 g/mol. The van der Waals surface area contributed by atoms with Crippen molar-refractivity contribution in [2.45, 2.75) is 38.7 Å². The summed E-state index contributed by atoms with van der Waals surface area (Å²) in [6.45, 7) is 10.4. The number of hydrogen-bond acceptors (Lipinski definition) is 2. The standard InChI is InChI=1S/C15H20O2/c1-8-4-7-12-10(3)15(16)17-14(12)13-9(2)5-6-11(8)13/h10-14H,1-2,4-7H2,3H3/t10-,11-,12-,13-,14+/m1/s1. The third-order valence-corrected chi connectivity index (χ3v) is 5.05. The van der Waals surface area contributed by atoms with Gasteiger partial charge < -0.3 is 4.74 Å². The summed E-state index contributed by atoms with van der Waals surface area (Å²) in [4.78, 5) is 11.8. The third-order valence-electron chi connectivity index (χ3n) is 5.05. The zero-order valence-electron chi connectivity index (χ0n) is 10.4. The number of ether oxygens (including phenoxy) is 1. The smallest absolute Gasteiger partial charge is 0.309 e. The Labute approximate surface area is 103 Å². The van der Waals surface area contributed by atoms with Crippen LogP contribution in [-0.2, 0) is 9.53 Å². The van der Waals surface area contributed by atoms with Crippen LogP contribution < -0.4 is 0 Å². The van der Waals surface area contributed by atoms with Crippen LogP contribution >= 0.6 is 0 Å². The molecule has 2 saturated carbocycles. The van der Waals surface area contributed by atoms with Gasteiger partial charge in [-0.3, -0.25) is 4.79 Å². The second kappa shape index (κ2) is 3.72. The number of esters is 1. The maximum Gasteiger partial charge on any atom is 0.309 e. The quantitative estimate of drug-likeness (QED) is 0.474. The van der Waals surface area contributed by atoms with Gasteiger partial charge in [-0.2, -0.15) is 0 Å². The van der Waals surface area contributed by atoms with Crippen molar-refractivity contribution < 1.29 is 9.53 Å². The molecule has 0 aromatic carbocycles. The van der Waals surface area contributed by atoms with Crippen molar-refractivity contribution in [2.24, 2.45) is 23.7 Å². The van der Waals surface area contributed by atoms with E-state index in [1.807, 2.05) is 6.92 Å². The Morgan fingerprint density at radius 3 is 2.65 bits per heavy atom. The van der Waals surface area contributed by atoms with Crippen molar-refractivity contribution in [3.63, 3.8) is 0 Å². The van der Waals surface area contributed by atoms with E-state index in [1.165, 1.54) is 11.1 Å². The van der Waals surface area contributed by atoms with Crippen molar-refractivity contribution in [1.29, 1.82) is 0 Å². The molecular formula is C15H20O2. The molecule has 0 spiro atoms. The highest BCUT2D eigenvalue weighted by Crippen LogP contribution is 2.51. The lowest BCUT2D eigenvalue weighted by atomic mass is 9.80. The van der Waals surface area contributed by atoms with Gasteiger partial charge in [-0.05, 0) is 31.6 Å². The van der Waals surface area contributed by atoms with E-state index < -0.39 is 0 Å². The first-order chi connectivity index (χ1) is 8.09. The number of carbonyl (C=O) groups excluding carboxylic acids is 1. The summed E-state index contributed by atoms with van der Waals surface area (Å²) in [6, 6.07) is 0. The number of rotatable bonds is 0. The van der Waals surface area contributed by atoms with Gasteiger partial charge in [0.2, 0.25) is 0 Å². The second-order valence-corrected chi connectivity index (χ2v) is 5.88. The summed E-state index contributed by atoms with van der Waals surface area (Å²) in [5.74, 6) is 1.29. The molecule has 0 aromatic rings. The van der Waals surface area contributed by atoms with Gasteiger partial charge in [0.1, 0.15) is 6.10 Å². The second-order valence-electron chi connectivity index (χ2n) is 5.88. The van der Waals surface area contributed by atoms with Crippen LogP contribution in [0.5, 0.6) is 0 Å². The van der Waals surface area contributed by atoms with Gasteiger partial charge in [0.15, 0.2) is 0 Å². The van der Waals surface area contributed by atoms with Gasteiger partial charge >= 0.3 is 5.97 Å². The van der Waals surface area contributed by atoms with Crippen molar-refractivity contribution in [3.05, 3.63) is 24.3 Å². The molecule has 3 rings (SSSR count). The van der Waals surface area contributed by atoms with Crippen molar-refractivity contribution >= 4 is 5.97 Å². The Balaban J connectivity index is 1.97. The summed E-state index contributed by atoms with van der Waals surface area (Å²) in [5, 5.41) is 0. The molecule has 0 radical (unpaired) electrons. The van der Waals surface area contributed by atoms with Gasteiger partial charge in [-0.25, -0.2) is 0 Å². The predicted molar refractivity (Wildman–Crippen MR) is 66.3 cm³/mol. The molecule has 3 fully saturated rings. The van der Waals surface area contributed by atoms with E-state index >= 15 is 0 Å². The van der Waals surface area contributed by atoms with Crippen molar-refractivity contribution in [3.8, 4) is 0 Å². The fourth-order valence-corrected chi connectivity index (χ4v) is 3.97. The van der Waals surface area contributed by atoms with Crippen molar-refractivity contribution in [2.75, 3.05) is 0 Å². The molecule has 1 aliphatic heterocycles. The van der Waals surface area contributed by atoms with Crippen LogP contribution in [0.4, 0.5) is 0 Å². The topological polar surface area (TPSA) is 26.3 Å². The van der Waals surface area contributed by atoms with E-state index in [-0.39, 0.29) is 18.0 Å². The molecule has 0 bridgehead atoms. The highest BCUT2D eigenvalue weighted by atomic mass is 16.6. The van der Waals surface area contributed by atoms with Crippen LogP contribution in [0, 0.1) is 23.7 Å². The number of carbonyl (C=O) groups is 1. The van der Waals surface area contributed by atoms with Crippen LogP contribution in [0.15, 0.2) is 24.3 Å². The van der Waals surface area contributed by atoms with Gasteiger partial charge in [-0.1, -0.05) is 31.2 Å². The van der Waals surface area contributed by atoms with Gasteiger partial charge in [0.25, 0.3) is 0 Å². The number of hydrogen-bond donors (Lipinski definition) is 0. The zero-order valence-corrected chi connectivity index (χ0v) is 10.4. The SMILES string of the molecule is C=C1CC[C@@H]2C(=C)CC[C@H]3[C@H](OC(=O)[C@@H]3C)[C@H]12. The fraction of sp³-hybridized carbons (Fsp3) is 0.667. The van der Waals surface area contributed by atoms with Gasteiger partial charge in [0, 0.05) is 11.8 Å². The molecule has 92 valence electrons. The molecule has 2 nitrogen and oxygen atoms in total. The molecule has 3 aliphatic rings. The summed E-state index contributed by atoms with van der Waals surface area (Å²) in [7, 11) is 0. The van der Waals surface area contributed by atoms with E-state index in [2.05, 4.69) is 13.2 Å². The first-order valence-corrected chi connectivity index (χ1v) is 6.65. The van der Waals surface area contributed by atoms with E-state index in [0.29, 0.717) is 17.8 Å². The average Bonchev–Trinajstić information content (AvgIpc) is 2.75. The summed E-state index contributed by atoms with van der Waals surface area (Å²) < 4.78 is 5.65. The molecule has 17 heavy (non-hydrogen) atoms. The van der Waals surface area contributed by atoms with Crippen molar-refractivity contribution in [1.82, 2.24) is 0 Å². The lowest BCUT2D eigenvalue weighted by molar-refractivity contribution is -0.145. The summed E-state index contributed by atoms with van der Waals surface area (Å²) in [6.07, 6.45) is 4.41. The molecule has 1 heterocycles. The van der Waals surface area contributed by atoms with Gasteiger partial charge in [0.05, 0.1) is 5.92 Å². The Morgan fingerprint density at radius 2 is 1.88 bits per heavy atom. The minimum atomic E-state index is -0.00837. The minimum absolute atomic E-state index is 0.00837. The van der Waals surface area contributed by atoms with Crippen LogP contribution in [0.1, 0.15) is 32.6 Å². The van der Waals surface area contributed by atoms with E-state index in [9.17, 15) is 4.79 Å². The highest BCUT2D eigenvalue weighted by Gasteiger charge is 2.51. The van der Waals surface area contributed by atoms with E-state index in [4.69, 9.17) is 4.74 Å². The molecule has 0 N–H and O–H groups in total. The first-order valence-electron chi connectivity index (χ1n) is 6.65. The van der Waals surface area contributed by atoms with Crippen LogP contribution in [0.2, 0.25) is 0 Å². The van der Waals surface area contributed by atoms with Crippen LogP contribution in [0.3, 0.4) is 0 Å². The zero-order chi connectivity index (χ0) is 12.2. The first kappa shape index (κ1) is 11.1. The molecule has 2 heteroatoms. The van der Waals surface area contributed by atoms with E-state index in [1.54, 1.807) is 0 Å². The maximum atomic E-state index is 11.8. The summed E-state index contributed by atoms with van der Waals surface area (Å²) >= 11 is 0. The Bertz CT molecular complexity index is 396. The van der Waals surface area contributed by atoms with Gasteiger partial charge in [-0.15, -0.1) is 0 Å². The minimum Gasteiger partial charge on any atom is -0.461 e. The number of fused-ring (bicyclic) bond motifs is 3. The molecule has 1 saturated heterocycles. The predicted octanol–water partition coefficient (Wildman–Crippen LogP) is 3.10. The fourth-order valence-electron chi connectivity index (χ4n) is 3.97. The Morgan fingerprint density at radius 1 is 1.18 bits per heavy atom. The maximum absolute atomic E-state index is 11.8. The molecule has 2 aliphatic carbocycles. The van der Waals surface area contributed by atoms with Crippen LogP contribution in [0.25, 0.3) is 0 Å². The normalized spacial score (nSPS) is 45.2. The Kier molecular flexibility index (Phi) is 2.42. The number of allylic oxidation sites excluding steroid dienone is 1. The lowest BCUT2D eigenvalue weighted by Crippen LogP contribution is -2.29. The monoisotopic (exact) mass is 232 g/mol. The Hall–Kier alpha value is -1.05. The molecule has 0 amide bonds. The largest absolute Gasteiger partial charge is 0.461 e. The lowest BCUT2D eigenvalue weighted by Gasteiger charge is -2.26.